The predicted molar refractivity (Wildman–Crippen MR) is 88.0 cm³/mol. The van der Waals surface area contributed by atoms with Crippen molar-refractivity contribution >= 4 is 17.3 Å². The molecule has 0 aliphatic carbocycles. The fraction of sp³-hybridized carbons (Fsp3) is 0.412. The number of hydrogen-bond acceptors (Lipinski definition) is 4. The summed E-state index contributed by atoms with van der Waals surface area (Å²) in [5.41, 5.74) is 1.17. The fourth-order valence-corrected chi connectivity index (χ4v) is 3.15. The van der Waals surface area contributed by atoms with Gasteiger partial charge in [-0.2, -0.15) is 0 Å². The van der Waals surface area contributed by atoms with Crippen molar-refractivity contribution < 1.29 is 14.6 Å². The number of aryl methyl sites for hydroxylation is 1. The maximum atomic E-state index is 10.9. The Hall–Kier alpha value is -1.88. The molecule has 0 amide bonds. The van der Waals surface area contributed by atoms with Gasteiger partial charge in [-0.25, -0.2) is 9.78 Å². The minimum atomic E-state index is -0.971. The SMILES string of the molecule is Cc1cccc(OCCCC(C)(C)c2nc(C(=O)O)cs2)c1. The lowest BCUT2D eigenvalue weighted by Gasteiger charge is -2.21. The van der Waals surface area contributed by atoms with E-state index in [1.54, 1.807) is 5.38 Å². The molecule has 0 bridgehead atoms. The number of aromatic nitrogens is 1. The highest BCUT2D eigenvalue weighted by Crippen LogP contribution is 2.31. The monoisotopic (exact) mass is 319 g/mol. The zero-order chi connectivity index (χ0) is 16.2. The van der Waals surface area contributed by atoms with Gasteiger partial charge in [0.15, 0.2) is 5.69 Å². The van der Waals surface area contributed by atoms with Crippen LogP contribution in [0.25, 0.3) is 0 Å². The van der Waals surface area contributed by atoms with Gasteiger partial charge in [-0.15, -0.1) is 11.3 Å². The number of benzene rings is 1. The van der Waals surface area contributed by atoms with Crippen molar-refractivity contribution in [2.45, 2.75) is 39.0 Å². The summed E-state index contributed by atoms with van der Waals surface area (Å²) in [6.07, 6.45) is 1.79. The molecule has 0 unspecified atom stereocenters. The Bertz CT molecular complexity index is 649. The summed E-state index contributed by atoms with van der Waals surface area (Å²) >= 11 is 1.41. The molecule has 0 fully saturated rings. The second kappa shape index (κ2) is 6.92. The van der Waals surface area contributed by atoms with E-state index >= 15 is 0 Å². The van der Waals surface area contributed by atoms with Gasteiger partial charge in [0, 0.05) is 10.8 Å². The molecule has 4 nitrogen and oxygen atoms in total. The van der Waals surface area contributed by atoms with Gasteiger partial charge in [0.1, 0.15) is 5.75 Å². The number of rotatable bonds is 7. The van der Waals surface area contributed by atoms with Crippen LogP contribution in [-0.4, -0.2) is 22.7 Å². The second-order valence-corrected chi connectivity index (χ2v) is 6.85. The topological polar surface area (TPSA) is 59.4 Å². The highest BCUT2D eigenvalue weighted by atomic mass is 32.1. The van der Waals surface area contributed by atoms with Gasteiger partial charge in [-0.1, -0.05) is 26.0 Å². The molecule has 0 saturated carbocycles. The molecule has 118 valence electrons. The number of hydrogen-bond donors (Lipinski definition) is 1. The van der Waals surface area contributed by atoms with Crippen molar-refractivity contribution in [3.8, 4) is 5.75 Å². The number of carbonyl (C=O) groups is 1. The summed E-state index contributed by atoms with van der Waals surface area (Å²) in [5, 5.41) is 11.4. The molecule has 0 atom stereocenters. The minimum Gasteiger partial charge on any atom is -0.494 e. The molecule has 1 aromatic heterocycles. The average Bonchev–Trinajstić information content (AvgIpc) is 2.94. The standard InChI is InChI=1S/C17H21NO3S/c1-12-6-4-7-13(10-12)21-9-5-8-17(2,3)16-18-14(11-22-16)15(19)20/h4,6-7,10-11H,5,8-9H2,1-3H3,(H,19,20). The molecular weight excluding hydrogens is 298 g/mol. The Labute approximate surface area is 134 Å². The zero-order valence-electron chi connectivity index (χ0n) is 13.1. The van der Waals surface area contributed by atoms with Crippen LogP contribution in [0.3, 0.4) is 0 Å². The number of ether oxygens (including phenoxy) is 1. The third-order valence-electron chi connectivity index (χ3n) is 3.51. The molecule has 22 heavy (non-hydrogen) atoms. The first-order chi connectivity index (χ1) is 10.4. The van der Waals surface area contributed by atoms with Crippen LogP contribution < -0.4 is 4.74 Å². The van der Waals surface area contributed by atoms with Crippen LogP contribution in [0.5, 0.6) is 5.75 Å². The highest BCUT2D eigenvalue weighted by Gasteiger charge is 2.25. The number of thiazole rings is 1. The molecule has 0 aliphatic heterocycles. The van der Waals surface area contributed by atoms with Gasteiger partial charge in [-0.05, 0) is 37.5 Å². The van der Waals surface area contributed by atoms with Gasteiger partial charge in [0.2, 0.25) is 0 Å². The molecule has 5 heteroatoms. The predicted octanol–water partition coefficient (Wildman–Crippen LogP) is 4.29. The van der Waals surface area contributed by atoms with Crippen LogP contribution in [-0.2, 0) is 5.41 Å². The summed E-state index contributed by atoms with van der Waals surface area (Å²) in [7, 11) is 0. The zero-order valence-corrected chi connectivity index (χ0v) is 13.9. The molecule has 0 aliphatic rings. The van der Waals surface area contributed by atoms with Crippen LogP contribution in [0.4, 0.5) is 0 Å². The van der Waals surface area contributed by atoms with E-state index in [1.165, 1.54) is 16.9 Å². The summed E-state index contributed by atoms with van der Waals surface area (Å²) in [5.74, 6) is -0.0821. The van der Waals surface area contributed by atoms with Crippen molar-refractivity contribution in [2.24, 2.45) is 0 Å². The largest absolute Gasteiger partial charge is 0.494 e. The van der Waals surface area contributed by atoms with Crippen molar-refractivity contribution in [3.05, 3.63) is 45.9 Å². The molecule has 0 radical (unpaired) electrons. The van der Waals surface area contributed by atoms with Gasteiger partial charge in [-0.3, -0.25) is 0 Å². The maximum absolute atomic E-state index is 10.9. The second-order valence-electron chi connectivity index (χ2n) is 6.00. The van der Waals surface area contributed by atoms with Crippen molar-refractivity contribution in [3.63, 3.8) is 0 Å². The highest BCUT2D eigenvalue weighted by molar-refractivity contribution is 7.10. The van der Waals surface area contributed by atoms with Crippen molar-refractivity contribution in [2.75, 3.05) is 6.61 Å². The number of carboxylic acid groups (broad SMARTS) is 1. The Kier molecular flexibility index (Phi) is 5.19. The van der Waals surface area contributed by atoms with Gasteiger partial charge in [0.25, 0.3) is 0 Å². The number of nitrogens with zero attached hydrogens (tertiary/aromatic N) is 1. The Morgan fingerprint density at radius 3 is 2.82 bits per heavy atom. The normalized spacial score (nSPS) is 11.4. The third-order valence-corrected chi connectivity index (χ3v) is 4.71. The van der Waals surface area contributed by atoms with E-state index in [9.17, 15) is 4.79 Å². The summed E-state index contributed by atoms with van der Waals surface area (Å²) < 4.78 is 5.75. The lowest BCUT2D eigenvalue weighted by atomic mass is 9.89. The smallest absolute Gasteiger partial charge is 0.355 e. The van der Waals surface area contributed by atoms with E-state index in [-0.39, 0.29) is 11.1 Å². The van der Waals surface area contributed by atoms with Gasteiger partial charge < -0.3 is 9.84 Å². The van der Waals surface area contributed by atoms with Gasteiger partial charge >= 0.3 is 5.97 Å². The first-order valence-corrected chi connectivity index (χ1v) is 8.15. The van der Waals surface area contributed by atoms with E-state index in [0.717, 1.165) is 23.6 Å². The van der Waals surface area contributed by atoms with Crippen molar-refractivity contribution in [1.82, 2.24) is 4.98 Å². The summed E-state index contributed by atoms with van der Waals surface area (Å²) in [6, 6.07) is 8.00. The Balaban J connectivity index is 1.85. The lowest BCUT2D eigenvalue weighted by molar-refractivity contribution is 0.0691. The van der Waals surface area contributed by atoms with E-state index in [0.29, 0.717) is 6.61 Å². The van der Waals surface area contributed by atoms with Gasteiger partial charge in [0.05, 0.1) is 11.6 Å². The molecule has 1 N–H and O–H groups in total. The van der Waals surface area contributed by atoms with E-state index in [1.807, 2.05) is 31.2 Å². The van der Waals surface area contributed by atoms with Crippen LogP contribution in [0.1, 0.15) is 47.7 Å². The van der Waals surface area contributed by atoms with Crippen LogP contribution in [0.15, 0.2) is 29.6 Å². The van der Waals surface area contributed by atoms with Crippen LogP contribution in [0.2, 0.25) is 0 Å². The maximum Gasteiger partial charge on any atom is 0.355 e. The fourth-order valence-electron chi connectivity index (χ4n) is 2.20. The molecule has 0 saturated heterocycles. The molecular formula is C17H21NO3S. The first-order valence-electron chi connectivity index (χ1n) is 7.27. The quantitative estimate of drug-likeness (QED) is 0.774. The summed E-state index contributed by atoms with van der Waals surface area (Å²) in [6.45, 7) is 6.86. The number of carboxylic acids is 1. The van der Waals surface area contributed by atoms with E-state index in [2.05, 4.69) is 18.8 Å². The molecule has 1 heterocycles. The Morgan fingerprint density at radius 1 is 1.41 bits per heavy atom. The lowest BCUT2D eigenvalue weighted by Crippen LogP contribution is -2.18. The first kappa shape index (κ1) is 16.5. The van der Waals surface area contributed by atoms with Crippen molar-refractivity contribution in [1.29, 1.82) is 0 Å². The third kappa shape index (κ3) is 4.31. The molecule has 0 spiro atoms. The van der Waals surface area contributed by atoms with E-state index in [4.69, 9.17) is 9.84 Å². The average molecular weight is 319 g/mol. The minimum absolute atomic E-state index is 0.129. The number of aromatic carboxylic acids is 1. The van der Waals surface area contributed by atoms with E-state index < -0.39 is 5.97 Å². The molecule has 2 rings (SSSR count). The molecule has 2 aromatic rings. The molecule has 1 aromatic carbocycles. The summed E-state index contributed by atoms with van der Waals surface area (Å²) in [4.78, 5) is 15.1. The van der Waals surface area contributed by atoms with Crippen LogP contribution >= 0.6 is 11.3 Å². The Morgan fingerprint density at radius 2 is 2.18 bits per heavy atom. The van der Waals surface area contributed by atoms with Crippen LogP contribution in [0, 0.1) is 6.92 Å².